The van der Waals surface area contributed by atoms with Crippen LogP contribution in [0.25, 0.3) is 0 Å². The van der Waals surface area contributed by atoms with Crippen LogP contribution >= 0.6 is 45.2 Å². The van der Waals surface area contributed by atoms with Crippen molar-refractivity contribution in [3.63, 3.8) is 0 Å². The average molecular weight is 362 g/mol. The van der Waals surface area contributed by atoms with Gasteiger partial charge in [-0.2, -0.15) is 0 Å². The van der Waals surface area contributed by atoms with Crippen molar-refractivity contribution in [3.05, 3.63) is 0 Å². The van der Waals surface area contributed by atoms with E-state index in [9.17, 15) is 0 Å². The zero-order valence-corrected chi connectivity index (χ0v) is 10.2. The summed E-state index contributed by atoms with van der Waals surface area (Å²) >= 11 is 5.25. The third-order valence-corrected chi connectivity index (χ3v) is 4.93. The van der Waals surface area contributed by atoms with Crippen LogP contribution in [0.5, 0.6) is 0 Å². The largest absolute Gasteiger partial charge is 0.0826 e. The highest BCUT2D eigenvalue weighted by Gasteiger charge is 2.39. The molecule has 0 bridgehead atoms. The molecule has 0 heterocycles. The van der Waals surface area contributed by atoms with E-state index in [0.29, 0.717) is 0 Å². The van der Waals surface area contributed by atoms with E-state index in [1.54, 1.807) is 0 Å². The molecule has 0 saturated heterocycles. The quantitative estimate of drug-likeness (QED) is 0.458. The standard InChI is InChI=1S/C8H12I2/c9-7-1-5-2-8(10)4-6(5)3-7/h5-8H,1-4H2. The zero-order chi connectivity index (χ0) is 7.14. The Morgan fingerprint density at radius 2 is 1.00 bits per heavy atom. The fraction of sp³-hybridized carbons (Fsp3) is 1.00. The molecular formula is C8H12I2. The molecule has 2 aliphatic rings. The van der Waals surface area contributed by atoms with E-state index in [-0.39, 0.29) is 0 Å². The van der Waals surface area contributed by atoms with Crippen molar-refractivity contribution in [1.82, 2.24) is 0 Å². The Bertz CT molecular complexity index is 107. The topological polar surface area (TPSA) is 0 Å². The van der Waals surface area contributed by atoms with Gasteiger partial charge in [-0.15, -0.1) is 0 Å². The first kappa shape index (κ1) is 8.08. The van der Waals surface area contributed by atoms with Crippen molar-refractivity contribution in [2.24, 2.45) is 11.8 Å². The smallest absolute Gasteiger partial charge is 0.0115 e. The lowest BCUT2D eigenvalue weighted by atomic mass is 10.0. The molecule has 0 nitrogen and oxygen atoms in total. The molecular weight excluding hydrogens is 350 g/mol. The van der Waals surface area contributed by atoms with Gasteiger partial charge in [0.2, 0.25) is 0 Å². The van der Waals surface area contributed by atoms with Crippen molar-refractivity contribution in [3.8, 4) is 0 Å². The van der Waals surface area contributed by atoms with E-state index in [4.69, 9.17) is 0 Å². The van der Waals surface area contributed by atoms with Crippen LogP contribution in [0, 0.1) is 11.8 Å². The Balaban J connectivity index is 2.00. The zero-order valence-electron chi connectivity index (χ0n) is 5.89. The van der Waals surface area contributed by atoms with Crippen LogP contribution in [0.4, 0.5) is 0 Å². The average Bonchev–Trinajstić information content (AvgIpc) is 2.21. The van der Waals surface area contributed by atoms with Crippen LogP contribution in [0.1, 0.15) is 25.7 Å². The first-order chi connectivity index (χ1) is 4.75. The van der Waals surface area contributed by atoms with Crippen LogP contribution in [-0.4, -0.2) is 7.85 Å². The molecule has 0 amide bonds. The molecule has 0 aliphatic heterocycles. The van der Waals surface area contributed by atoms with Gasteiger partial charge in [-0.25, -0.2) is 0 Å². The number of fused-ring (bicyclic) bond motifs is 1. The van der Waals surface area contributed by atoms with Gasteiger partial charge in [0, 0.05) is 7.85 Å². The number of hydrogen-bond acceptors (Lipinski definition) is 0. The molecule has 2 heteroatoms. The lowest BCUT2D eigenvalue weighted by Crippen LogP contribution is -1.96. The van der Waals surface area contributed by atoms with Crippen LogP contribution < -0.4 is 0 Å². The third-order valence-electron chi connectivity index (χ3n) is 2.90. The third kappa shape index (κ3) is 1.47. The molecule has 2 fully saturated rings. The summed E-state index contributed by atoms with van der Waals surface area (Å²) in [4.78, 5) is 0. The first-order valence-corrected chi connectivity index (χ1v) is 6.53. The molecule has 10 heavy (non-hydrogen) atoms. The number of alkyl halides is 2. The summed E-state index contributed by atoms with van der Waals surface area (Å²) in [5, 5.41) is 0. The van der Waals surface area contributed by atoms with Gasteiger partial charge in [0.15, 0.2) is 0 Å². The van der Waals surface area contributed by atoms with Gasteiger partial charge >= 0.3 is 0 Å². The lowest BCUT2D eigenvalue weighted by Gasteiger charge is -2.04. The SMILES string of the molecule is IC1CC2CC(I)CC2C1. The van der Waals surface area contributed by atoms with Gasteiger partial charge < -0.3 is 0 Å². The highest BCUT2D eigenvalue weighted by molar-refractivity contribution is 14.1. The van der Waals surface area contributed by atoms with Crippen LogP contribution in [0.2, 0.25) is 0 Å². The van der Waals surface area contributed by atoms with Gasteiger partial charge in [0.25, 0.3) is 0 Å². The van der Waals surface area contributed by atoms with Crippen molar-refractivity contribution < 1.29 is 0 Å². The summed E-state index contributed by atoms with van der Waals surface area (Å²) < 4.78 is 2.02. The minimum absolute atomic E-state index is 1.01. The van der Waals surface area contributed by atoms with Crippen molar-refractivity contribution >= 4 is 45.2 Å². The monoisotopic (exact) mass is 362 g/mol. The normalized spacial score (nSPS) is 53.4. The lowest BCUT2D eigenvalue weighted by molar-refractivity contribution is 0.457. The van der Waals surface area contributed by atoms with Gasteiger partial charge in [0.1, 0.15) is 0 Å². The Kier molecular flexibility index (Phi) is 2.48. The van der Waals surface area contributed by atoms with E-state index < -0.39 is 0 Å². The minimum atomic E-state index is 1.01. The second-order valence-electron chi connectivity index (χ2n) is 3.66. The summed E-state index contributed by atoms with van der Waals surface area (Å²) in [7, 11) is 0. The molecule has 2 rings (SSSR count). The van der Waals surface area contributed by atoms with E-state index in [2.05, 4.69) is 45.2 Å². The molecule has 58 valence electrons. The van der Waals surface area contributed by atoms with E-state index in [1.807, 2.05) is 0 Å². The molecule has 0 atom stereocenters. The minimum Gasteiger partial charge on any atom is -0.0826 e. The number of halogens is 2. The summed E-state index contributed by atoms with van der Waals surface area (Å²) in [6.07, 6.45) is 6.07. The van der Waals surface area contributed by atoms with Crippen molar-refractivity contribution in [2.75, 3.05) is 0 Å². The summed E-state index contributed by atoms with van der Waals surface area (Å²) in [6.45, 7) is 0. The molecule has 2 saturated carbocycles. The molecule has 0 aromatic carbocycles. The molecule has 0 radical (unpaired) electrons. The maximum atomic E-state index is 2.62. The number of hydrogen-bond donors (Lipinski definition) is 0. The second kappa shape index (κ2) is 3.07. The van der Waals surface area contributed by atoms with Gasteiger partial charge in [-0.3, -0.25) is 0 Å². The maximum absolute atomic E-state index is 2.62. The molecule has 0 N–H and O–H groups in total. The first-order valence-electron chi connectivity index (χ1n) is 4.04. The Morgan fingerprint density at radius 3 is 1.30 bits per heavy atom. The van der Waals surface area contributed by atoms with Crippen LogP contribution in [0.15, 0.2) is 0 Å². The van der Waals surface area contributed by atoms with Crippen molar-refractivity contribution in [1.29, 1.82) is 0 Å². The van der Waals surface area contributed by atoms with Gasteiger partial charge in [-0.1, -0.05) is 45.2 Å². The van der Waals surface area contributed by atoms with Crippen LogP contribution in [0.3, 0.4) is 0 Å². The second-order valence-corrected chi connectivity index (χ2v) is 7.18. The fourth-order valence-corrected chi connectivity index (χ4v) is 5.08. The van der Waals surface area contributed by atoms with Gasteiger partial charge in [-0.05, 0) is 37.5 Å². The summed E-state index contributed by atoms with van der Waals surface area (Å²) in [6, 6.07) is 0. The predicted octanol–water partition coefficient (Wildman–Crippen LogP) is 3.41. The Labute approximate surface area is 89.8 Å². The highest BCUT2D eigenvalue weighted by atomic mass is 127. The number of rotatable bonds is 0. The molecule has 0 aromatic heterocycles. The molecule has 0 spiro atoms. The van der Waals surface area contributed by atoms with Crippen molar-refractivity contribution in [2.45, 2.75) is 33.5 Å². The van der Waals surface area contributed by atoms with E-state index in [0.717, 1.165) is 19.7 Å². The predicted molar refractivity (Wildman–Crippen MR) is 61.1 cm³/mol. The molecule has 0 unspecified atom stereocenters. The summed E-state index contributed by atoms with van der Waals surface area (Å²) in [5.41, 5.74) is 0. The van der Waals surface area contributed by atoms with E-state index in [1.165, 1.54) is 25.7 Å². The fourth-order valence-electron chi connectivity index (χ4n) is 2.47. The molecule has 0 aromatic rings. The highest BCUT2D eigenvalue weighted by Crippen LogP contribution is 2.48. The van der Waals surface area contributed by atoms with E-state index >= 15 is 0 Å². The summed E-state index contributed by atoms with van der Waals surface area (Å²) in [5.74, 6) is 2.23. The maximum Gasteiger partial charge on any atom is 0.0115 e. The van der Waals surface area contributed by atoms with Gasteiger partial charge in [0.05, 0.1) is 0 Å². The molecule has 2 aliphatic carbocycles. The van der Waals surface area contributed by atoms with Crippen LogP contribution in [-0.2, 0) is 0 Å². The Morgan fingerprint density at radius 1 is 0.700 bits per heavy atom. The Hall–Kier alpha value is 1.46.